The van der Waals surface area contributed by atoms with E-state index in [0.717, 1.165) is 21.3 Å². The summed E-state index contributed by atoms with van der Waals surface area (Å²) in [6.45, 7) is 0.483. The number of amides is 1. The smallest absolute Gasteiger partial charge is 0.239 e. The van der Waals surface area contributed by atoms with E-state index >= 15 is 0 Å². The molecule has 0 saturated heterocycles. The molecular formula is C19H16N4O2S. The summed E-state index contributed by atoms with van der Waals surface area (Å²) in [6, 6.07) is 13.7. The van der Waals surface area contributed by atoms with E-state index in [1.165, 1.54) is 6.33 Å². The Morgan fingerprint density at radius 2 is 2.00 bits per heavy atom. The first-order chi connectivity index (χ1) is 12.8. The van der Waals surface area contributed by atoms with Gasteiger partial charge in [-0.05, 0) is 17.7 Å². The van der Waals surface area contributed by atoms with Crippen molar-refractivity contribution in [2.75, 3.05) is 11.9 Å². The van der Waals surface area contributed by atoms with Crippen molar-refractivity contribution in [1.29, 1.82) is 0 Å². The molecule has 7 heteroatoms. The highest BCUT2D eigenvalue weighted by Gasteiger charge is 2.13. The maximum atomic E-state index is 12.1. The minimum Gasteiger partial charge on any atom is -0.467 e. The Bertz CT molecular complexity index is 1010. The molecule has 0 fully saturated rings. The van der Waals surface area contributed by atoms with Gasteiger partial charge in [-0.2, -0.15) is 0 Å². The summed E-state index contributed by atoms with van der Waals surface area (Å²) in [4.78, 5) is 21.6. The number of hydrogen-bond donors (Lipinski definition) is 2. The number of rotatable bonds is 6. The molecule has 0 aliphatic rings. The molecule has 0 aliphatic carbocycles. The number of thiophene rings is 1. The van der Waals surface area contributed by atoms with Gasteiger partial charge >= 0.3 is 0 Å². The maximum Gasteiger partial charge on any atom is 0.239 e. The van der Waals surface area contributed by atoms with Gasteiger partial charge in [-0.1, -0.05) is 30.3 Å². The molecule has 0 radical (unpaired) electrons. The summed E-state index contributed by atoms with van der Waals surface area (Å²) in [5.74, 6) is 1.24. The second-order valence-corrected chi connectivity index (χ2v) is 6.49. The van der Waals surface area contributed by atoms with Gasteiger partial charge in [0.15, 0.2) is 0 Å². The minimum atomic E-state index is -0.135. The summed E-state index contributed by atoms with van der Waals surface area (Å²) in [5.41, 5.74) is 2.16. The fourth-order valence-electron chi connectivity index (χ4n) is 2.66. The quantitative estimate of drug-likeness (QED) is 0.545. The molecule has 2 N–H and O–H groups in total. The Balaban J connectivity index is 1.51. The third kappa shape index (κ3) is 3.43. The topological polar surface area (TPSA) is 80.0 Å². The van der Waals surface area contributed by atoms with E-state index in [9.17, 15) is 4.79 Å². The SMILES string of the molecule is O=C(CNc1ncnc2scc(-c3ccccc3)c12)NCc1ccco1. The minimum absolute atomic E-state index is 0.122. The Morgan fingerprint density at radius 1 is 1.12 bits per heavy atom. The van der Waals surface area contributed by atoms with Crippen LogP contribution < -0.4 is 10.6 Å². The third-order valence-corrected chi connectivity index (χ3v) is 4.80. The van der Waals surface area contributed by atoms with Crippen LogP contribution in [0.15, 0.2) is 64.9 Å². The molecule has 0 saturated carbocycles. The number of nitrogens with zero attached hydrogens (tertiary/aromatic N) is 2. The van der Waals surface area contributed by atoms with Gasteiger partial charge in [0, 0.05) is 10.9 Å². The highest BCUT2D eigenvalue weighted by Crippen LogP contribution is 2.36. The van der Waals surface area contributed by atoms with E-state index in [0.29, 0.717) is 18.1 Å². The number of nitrogens with one attached hydrogen (secondary N) is 2. The summed E-state index contributed by atoms with van der Waals surface area (Å²) in [6.07, 6.45) is 3.09. The second kappa shape index (κ2) is 7.37. The molecule has 6 nitrogen and oxygen atoms in total. The Morgan fingerprint density at radius 3 is 2.81 bits per heavy atom. The summed E-state index contributed by atoms with van der Waals surface area (Å²) >= 11 is 1.56. The van der Waals surface area contributed by atoms with Gasteiger partial charge < -0.3 is 15.1 Å². The summed E-state index contributed by atoms with van der Waals surface area (Å²) in [7, 11) is 0. The molecule has 0 aliphatic heterocycles. The molecule has 4 aromatic rings. The number of hydrogen-bond acceptors (Lipinski definition) is 6. The van der Waals surface area contributed by atoms with Crippen molar-refractivity contribution >= 4 is 33.3 Å². The maximum absolute atomic E-state index is 12.1. The van der Waals surface area contributed by atoms with Crippen LogP contribution in [0.5, 0.6) is 0 Å². The summed E-state index contributed by atoms with van der Waals surface area (Å²) in [5, 5.41) is 8.93. The third-order valence-electron chi connectivity index (χ3n) is 3.91. The van der Waals surface area contributed by atoms with Crippen molar-refractivity contribution in [2.45, 2.75) is 6.54 Å². The standard InChI is InChI=1S/C19H16N4O2S/c24-16(20-9-14-7-4-8-25-14)10-21-18-17-15(13-5-2-1-3-6-13)11-26-19(17)23-12-22-18/h1-8,11-12H,9-10H2,(H,20,24)(H,21,22,23). The molecule has 3 heterocycles. The zero-order valence-electron chi connectivity index (χ0n) is 13.8. The first-order valence-corrected chi connectivity index (χ1v) is 9.00. The predicted molar refractivity (Wildman–Crippen MR) is 102 cm³/mol. The lowest BCUT2D eigenvalue weighted by Crippen LogP contribution is -2.29. The van der Waals surface area contributed by atoms with Crippen LogP contribution in [0.25, 0.3) is 21.3 Å². The number of carbonyl (C=O) groups excluding carboxylic acids is 1. The van der Waals surface area contributed by atoms with E-state index in [2.05, 4.69) is 26.0 Å². The molecule has 26 heavy (non-hydrogen) atoms. The lowest BCUT2D eigenvalue weighted by Gasteiger charge is -2.08. The number of fused-ring (bicyclic) bond motifs is 1. The van der Waals surface area contributed by atoms with Gasteiger partial charge in [0.05, 0.1) is 24.7 Å². The molecule has 0 atom stereocenters. The highest BCUT2D eigenvalue weighted by atomic mass is 32.1. The van der Waals surface area contributed by atoms with Crippen LogP contribution in [0.3, 0.4) is 0 Å². The fourth-order valence-corrected chi connectivity index (χ4v) is 3.58. The Kier molecular flexibility index (Phi) is 4.61. The van der Waals surface area contributed by atoms with Crippen molar-refractivity contribution in [2.24, 2.45) is 0 Å². The second-order valence-electron chi connectivity index (χ2n) is 5.63. The van der Waals surface area contributed by atoms with E-state index in [4.69, 9.17) is 4.42 Å². The van der Waals surface area contributed by atoms with Crippen molar-refractivity contribution in [3.8, 4) is 11.1 Å². The van der Waals surface area contributed by atoms with E-state index < -0.39 is 0 Å². The van der Waals surface area contributed by atoms with Gasteiger partial charge in [0.2, 0.25) is 5.91 Å². The van der Waals surface area contributed by atoms with Gasteiger partial charge in [0.25, 0.3) is 0 Å². The van der Waals surface area contributed by atoms with Gasteiger partial charge in [-0.25, -0.2) is 9.97 Å². The number of carbonyl (C=O) groups is 1. The number of benzene rings is 1. The molecule has 4 rings (SSSR count). The van der Waals surface area contributed by atoms with Crippen LogP contribution in [0.4, 0.5) is 5.82 Å². The average Bonchev–Trinajstić information content (AvgIpc) is 3.35. The van der Waals surface area contributed by atoms with Crippen molar-refractivity contribution < 1.29 is 9.21 Å². The molecule has 0 bridgehead atoms. The largest absolute Gasteiger partial charge is 0.467 e. The Hall–Kier alpha value is -3.19. The average molecular weight is 364 g/mol. The lowest BCUT2D eigenvalue weighted by molar-refractivity contribution is -0.119. The van der Waals surface area contributed by atoms with Crippen LogP contribution in [0.2, 0.25) is 0 Å². The molecule has 0 unspecified atom stereocenters. The number of furan rings is 1. The van der Waals surface area contributed by atoms with Crippen molar-refractivity contribution in [3.05, 3.63) is 66.2 Å². The van der Waals surface area contributed by atoms with Crippen LogP contribution in [-0.2, 0) is 11.3 Å². The monoisotopic (exact) mass is 364 g/mol. The van der Waals surface area contributed by atoms with Crippen LogP contribution in [-0.4, -0.2) is 22.4 Å². The van der Waals surface area contributed by atoms with Gasteiger partial charge in [-0.15, -0.1) is 11.3 Å². The number of aromatic nitrogens is 2. The zero-order chi connectivity index (χ0) is 17.8. The fraction of sp³-hybridized carbons (Fsp3) is 0.105. The predicted octanol–water partition coefficient (Wildman–Crippen LogP) is 3.68. The first kappa shape index (κ1) is 16.3. The number of anilines is 1. The molecule has 0 spiro atoms. The van der Waals surface area contributed by atoms with E-state index in [1.807, 2.05) is 36.4 Å². The molecular weight excluding hydrogens is 348 g/mol. The van der Waals surface area contributed by atoms with Crippen molar-refractivity contribution in [3.63, 3.8) is 0 Å². The molecule has 1 amide bonds. The van der Waals surface area contributed by atoms with E-state index in [1.54, 1.807) is 23.7 Å². The zero-order valence-corrected chi connectivity index (χ0v) is 14.6. The van der Waals surface area contributed by atoms with Crippen LogP contribution in [0, 0.1) is 0 Å². The highest BCUT2D eigenvalue weighted by molar-refractivity contribution is 7.17. The van der Waals surface area contributed by atoms with Crippen LogP contribution in [0.1, 0.15) is 5.76 Å². The summed E-state index contributed by atoms with van der Waals surface area (Å²) < 4.78 is 5.20. The van der Waals surface area contributed by atoms with E-state index in [-0.39, 0.29) is 12.5 Å². The molecule has 1 aromatic carbocycles. The Labute approximate surface area is 153 Å². The van der Waals surface area contributed by atoms with Gasteiger partial charge in [0.1, 0.15) is 22.7 Å². The van der Waals surface area contributed by atoms with Crippen LogP contribution >= 0.6 is 11.3 Å². The molecule has 130 valence electrons. The van der Waals surface area contributed by atoms with Gasteiger partial charge in [-0.3, -0.25) is 4.79 Å². The molecule has 3 aromatic heterocycles. The first-order valence-electron chi connectivity index (χ1n) is 8.12. The normalized spacial score (nSPS) is 10.8. The lowest BCUT2D eigenvalue weighted by atomic mass is 10.1. The van der Waals surface area contributed by atoms with Crippen molar-refractivity contribution in [1.82, 2.24) is 15.3 Å².